The number of nitrogens with one attached hydrogen (secondary N) is 1. The fourth-order valence-corrected chi connectivity index (χ4v) is 5.32. The highest BCUT2D eigenvalue weighted by atomic mass is 79.9. The minimum atomic E-state index is -3.72. The second-order valence-electron chi connectivity index (χ2n) is 3.57. The highest BCUT2D eigenvalue weighted by Gasteiger charge is 2.21. The van der Waals surface area contributed by atoms with Crippen LogP contribution in [0.25, 0.3) is 0 Å². The Kier molecular flexibility index (Phi) is 4.67. The molecule has 2 aromatic rings. The number of anilines is 1. The van der Waals surface area contributed by atoms with Crippen molar-refractivity contribution < 1.29 is 13.5 Å². The third-order valence-corrected chi connectivity index (χ3v) is 6.13. The quantitative estimate of drug-likeness (QED) is 0.785. The Labute approximate surface area is 131 Å². The number of thiophene rings is 1. The summed E-state index contributed by atoms with van der Waals surface area (Å²) in [5.74, 6) is 0. The average molecular weight is 427 g/mol. The molecule has 1 aromatic heterocycles. The predicted molar refractivity (Wildman–Crippen MR) is 82.9 cm³/mol. The number of para-hydroxylation sites is 1. The Morgan fingerprint density at radius 1 is 1.21 bits per heavy atom. The maximum atomic E-state index is 12.3. The first-order valence-corrected chi connectivity index (χ1v) is 9.04. The highest BCUT2D eigenvalue weighted by molar-refractivity contribution is 9.11. The van der Waals surface area contributed by atoms with Gasteiger partial charge in [0, 0.05) is 8.95 Å². The number of sulfonamides is 1. The van der Waals surface area contributed by atoms with E-state index in [1.54, 1.807) is 23.6 Å². The molecule has 102 valence electrons. The summed E-state index contributed by atoms with van der Waals surface area (Å²) in [6.45, 7) is -0.301. The van der Waals surface area contributed by atoms with E-state index in [1.807, 2.05) is 0 Å². The van der Waals surface area contributed by atoms with E-state index in [1.165, 1.54) is 17.4 Å². The molecule has 1 heterocycles. The molecule has 0 spiro atoms. The molecule has 2 rings (SSSR count). The zero-order chi connectivity index (χ0) is 14.0. The second-order valence-corrected chi connectivity index (χ2v) is 7.93. The van der Waals surface area contributed by atoms with Gasteiger partial charge in [0.1, 0.15) is 4.90 Å². The van der Waals surface area contributed by atoms with Crippen molar-refractivity contribution in [2.45, 2.75) is 11.5 Å². The Morgan fingerprint density at radius 3 is 2.42 bits per heavy atom. The van der Waals surface area contributed by atoms with Crippen molar-refractivity contribution in [2.75, 3.05) is 4.72 Å². The third-order valence-electron chi connectivity index (χ3n) is 2.34. The average Bonchev–Trinajstić information content (AvgIpc) is 2.83. The van der Waals surface area contributed by atoms with Crippen LogP contribution in [0.5, 0.6) is 0 Å². The summed E-state index contributed by atoms with van der Waals surface area (Å²) in [5, 5.41) is 10.8. The first-order valence-electron chi connectivity index (χ1n) is 5.10. The molecule has 0 aliphatic heterocycles. The van der Waals surface area contributed by atoms with Crippen molar-refractivity contribution >= 4 is 58.9 Å². The SMILES string of the molecule is O=S(=O)(Nc1c(Br)cccc1Br)c1ccsc1CO. The second kappa shape index (κ2) is 5.92. The Balaban J connectivity index is 2.43. The van der Waals surface area contributed by atoms with Crippen molar-refractivity contribution in [1.29, 1.82) is 0 Å². The summed E-state index contributed by atoms with van der Waals surface area (Å²) in [7, 11) is -3.72. The molecule has 0 fully saturated rings. The van der Waals surface area contributed by atoms with Crippen molar-refractivity contribution in [3.63, 3.8) is 0 Å². The fourth-order valence-electron chi connectivity index (χ4n) is 1.47. The summed E-state index contributed by atoms with van der Waals surface area (Å²) in [6, 6.07) is 6.74. The summed E-state index contributed by atoms with van der Waals surface area (Å²) < 4.78 is 28.3. The lowest BCUT2D eigenvalue weighted by Gasteiger charge is -2.11. The van der Waals surface area contributed by atoms with E-state index in [-0.39, 0.29) is 11.5 Å². The van der Waals surface area contributed by atoms with Gasteiger partial charge in [-0.3, -0.25) is 4.72 Å². The number of aliphatic hydroxyl groups is 1. The molecule has 0 saturated heterocycles. The minimum absolute atomic E-state index is 0.0997. The van der Waals surface area contributed by atoms with Gasteiger partial charge in [-0.2, -0.15) is 0 Å². The van der Waals surface area contributed by atoms with Gasteiger partial charge in [-0.1, -0.05) is 6.07 Å². The monoisotopic (exact) mass is 425 g/mol. The molecular formula is C11H9Br2NO3S2. The normalized spacial score (nSPS) is 11.5. The van der Waals surface area contributed by atoms with Crippen LogP contribution in [-0.2, 0) is 16.6 Å². The van der Waals surface area contributed by atoms with Crippen LogP contribution in [0.1, 0.15) is 4.88 Å². The molecule has 0 aliphatic rings. The van der Waals surface area contributed by atoms with Crippen molar-refractivity contribution in [1.82, 2.24) is 0 Å². The van der Waals surface area contributed by atoms with E-state index >= 15 is 0 Å². The zero-order valence-electron chi connectivity index (χ0n) is 9.43. The number of hydrogen-bond acceptors (Lipinski definition) is 4. The van der Waals surface area contributed by atoms with E-state index in [0.29, 0.717) is 19.5 Å². The van der Waals surface area contributed by atoms with Crippen LogP contribution in [0, 0.1) is 0 Å². The molecule has 19 heavy (non-hydrogen) atoms. The molecule has 0 amide bonds. The van der Waals surface area contributed by atoms with Crippen molar-refractivity contribution in [3.8, 4) is 0 Å². The van der Waals surface area contributed by atoms with E-state index in [0.717, 1.165) is 0 Å². The van der Waals surface area contributed by atoms with E-state index in [9.17, 15) is 8.42 Å². The number of halogens is 2. The van der Waals surface area contributed by atoms with Crippen molar-refractivity contribution in [2.24, 2.45) is 0 Å². The van der Waals surface area contributed by atoms with Crippen LogP contribution in [-0.4, -0.2) is 13.5 Å². The molecular weight excluding hydrogens is 418 g/mol. The molecule has 0 atom stereocenters. The summed E-state index contributed by atoms with van der Waals surface area (Å²) in [6.07, 6.45) is 0. The fraction of sp³-hybridized carbons (Fsp3) is 0.0909. The first-order chi connectivity index (χ1) is 8.95. The highest BCUT2D eigenvalue weighted by Crippen LogP contribution is 2.33. The number of rotatable bonds is 4. The molecule has 0 saturated carbocycles. The number of hydrogen-bond donors (Lipinski definition) is 2. The largest absolute Gasteiger partial charge is 0.391 e. The third kappa shape index (κ3) is 3.19. The van der Waals surface area contributed by atoms with Crippen LogP contribution in [0.2, 0.25) is 0 Å². The zero-order valence-corrected chi connectivity index (χ0v) is 14.2. The maximum Gasteiger partial charge on any atom is 0.263 e. The van der Waals surface area contributed by atoms with Crippen LogP contribution < -0.4 is 4.72 Å². The molecule has 1 aromatic carbocycles. The smallest absolute Gasteiger partial charge is 0.263 e. The van der Waals surface area contributed by atoms with Crippen LogP contribution >= 0.6 is 43.2 Å². The minimum Gasteiger partial charge on any atom is -0.391 e. The molecule has 4 nitrogen and oxygen atoms in total. The lowest BCUT2D eigenvalue weighted by atomic mass is 10.3. The standard InChI is InChI=1S/C11H9Br2NO3S2/c12-7-2-1-3-8(13)11(7)14-19(16,17)10-4-5-18-9(10)6-15/h1-5,14-15H,6H2. The molecule has 8 heteroatoms. The van der Waals surface area contributed by atoms with Gasteiger partial charge in [-0.25, -0.2) is 8.42 Å². The van der Waals surface area contributed by atoms with Gasteiger partial charge in [0.2, 0.25) is 0 Å². The number of benzene rings is 1. The summed E-state index contributed by atoms with van der Waals surface area (Å²) in [4.78, 5) is 0.512. The molecule has 2 N–H and O–H groups in total. The van der Waals surface area contributed by atoms with Gasteiger partial charge < -0.3 is 5.11 Å². The van der Waals surface area contributed by atoms with Crippen LogP contribution in [0.4, 0.5) is 5.69 Å². The van der Waals surface area contributed by atoms with Gasteiger partial charge in [0.15, 0.2) is 0 Å². The molecule has 0 unspecified atom stereocenters. The van der Waals surface area contributed by atoms with E-state index < -0.39 is 10.0 Å². The molecule has 0 radical (unpaired) electrons. The predicted octanol–water partition coefficient (Wildman–Crippen LogP) is 3.57. The Bertz CT molecular complexity index is 677. The summed E-state index contributed by atoms with van der Waals surface area (Å²) >= 11 is 7.79. The van der Waals surface area contributed by atoms with Gasteiger partial charge in [-0.15, -0.1) is 11.3 Å². The van der Waals surface area contributed by atoms with Crippen LogP contribution in [0.15, 0.2) is 43.5 Å². The van der Waals surface area contributed by atoms with E-state index in [4.69, 9.17) is 5.11 Å². The maximum absolute atomic E-state index is 12.3. The van der Waals surface area contributed by atoms with E-state index in [2.05, 4.69) is 36.6 Å². The topological polar surface area (TPSA) is 66.4 Å². The first kappa shape index (κ1) is 15.0. The van der Waals surface area contributed by atoms with Gasteiger partial charge in [0.05, 0.1) is 17.2 Å². The molecule has 0 aliphatic carbocycles. The van der Waals surface area contributed by atoms with Gasteiger partial charge >= 0.3 is 0 Å². The molecule has 0 bridgehead atoms. The van der Waals surface area contributed by atoms with Crippen LogP contribution in [0.3, 0.4) is 0 Å². The Hall–Kier alpha value is -0.410. The van der Waals surface area contributed by atoms with Gasteiger partial charge in [-0.05, 0) is 55.4 Å². The number of aliphatic hydroxyl groups excluding tert-OH is 1. The lowest BCUT2D eigenvalue weighted by Crippen LogP contribution is -2.14. The Morgan fingerprint density at radius 2 is 1.84 bits per heavy atom. The lowest BCUT2D eigenvalue weighted by molar-refractivity contribution is 0.282. The summed E-state index contributed by atoms with van der Waals surface area (Å²) in [5.41, 5.74) is 0.428. The van der Waals surface area contributed by atoms with Gasteiger partial charge in [0.25, 0.3) is 10.0 Å². The van der Waals surface area contributed by atoms with Crippen molar-refractivity contribution in [3.05, 3.63) is 43.5 Å².